The van der Waals surface area contributed by atoms with E-state index in [1.165, 1.54) is 0 Å². The molecule has 0 heterocycles. The summed E-state index contributed by atoms with van der Waals surface area (Å²) in [7, 11) is 0. The van der Waals surface area contributed by atoms with Crippen LogP contribution in [0.1, 0.15) is 0 Å². The molecule has 1 N–H and O–H groups in total. The first-order valence-corrected chi connectivity index (χ1v) is 6.22. The summed E-state index contributed by atoms with van der Waals surface area (Å²) in [6, 6.07) is 12.5. The van der Waals surface area contributed by atoms with Crippen molar-refractivity contribution in [2.75, 3.05) is 6.61 Å². The predicted molar refractivity (Wildman–Crippen MR) is 75.0 cm³/mol. The Morgan fingerprint density at radius 1 is 1.11 bits per heavy atom. The van der Waals surface area contributed by atoms with Crippen molar-refractivity contribution >= 4 is 29.2 Å². The largest absolute Gasteiger partial charge is 0.480 e. The van der Waals surface area contributed by atoms with Gasteiger partial charge in [0, 0.05) is 10.6 Å². The average Bonchev–Trinajstić information content (AvgIpc) is 2.37. The zero-order valence-electron chi connectivity index (χ0n) is 9.77. The van der Waals surface area contributed by atoms with Crippen LogP contribution in [0.15, 0.2) is 42.5 Å². The topological polar surface area (TPSA) is 46.5 Å². The maximum absolute atomic E-state index is 10.4. The third-order valence-corrected chi connectivity index (χ3v) is 3.09. The molecular weight excluding hydrogens is 287 g/mol. The first-order chi connectivity index (χ1) is 9.08. The van der Waals surface area contributed by atoms with Gasteiger partial charge in [0.25, 0.3) is 0 Å². The van der Waals surface area contributed by atoms with Gasteiger partial charge in [-0.2, -0.15) is 0 Å². The second-order valence-corrected chi connectivity index (χ2v) is 4.62. The third kappa shape index (κ3) is 3.40. The standard InChI is InChI=1S/C14H10Cl2O3/c15-11-4-2-1-3-10(11)9-5-6-13(12(16)7-9)19-8-14(17)18/h1-7H,8H2,(H,17,18). The minimum absolute atomic E-state index is 0.333. The maximum Gasteiger partial charge on any atom is 0.341 e. The summed E-state index contributed by atoms with van der Waals surface area (Å²) < 4.78 is 5.05. The van der Waals surface area contributed by atoms with Crippen molar-refractivity contribution in [3.8, 4) is 16.9 Å². The molecule has 5 heteroatoms. The number of halogens is 2. The molecule has 0 fully saturated rings. The van der Waals surface area contributed by atoms with Crippen LogP contribution in [0.2, 0.25) is 10.0 Å². The fraction of sp³-hybridized carbons (Fsp3) is 0.0714. The second kappa shape index (κ2) is 5.95. The van der Waals surface area contributed by atoms with Crippen molar-refractivity contribution in [2.24, 2.45) is 0 Å². The Morgan fingerprint density at radius 3 is 2.47 bits per heavy atom. The van der Waals surface area contributed by atoms with Gasteiger partial charge in [0.15, 0.2) is 6.61 Å². The van der Waals surface area contributed by atoms with Crippen LogP contribution < -0.4 is 4.74 Å². The smallest absolute Gasteiger partial charge is 0.341 e. The Morgan fingerprint density at radius 2 is 1.84 bits per heavy atom. The minimum atomic E-state index is -1.05. The van der Waals surface area contributed by atoms with Gasteiger partial charge in [-0.05, 0) is 23.8 Å². The van der Waals surface area contributed by atoms with E-state index in [9.17, 15) is 4.79 Å². The molecule has 3 nitrogen and oxygen atoms in total. The lowest BCUT2D eigenvalue weighted by Gasteiger charge is -2.09. The fourth-order valence-electron chi connectivity index (χ4n) is 1.62. The van der Waals surface area contributed by atoms with Crippen LogP contribution in [0, 0.1) is 0 Å². The molecule has 2 rings (SSSR count). The van der Waals surface area contributed by atoms with Crippen LogP contribution in [0.3, 0.4) is 0 Å². The molecule has 98 valence electrons. The van der Waals surface area contributed by atoms with Gasteiger partial charge >= 0.3 is 5.97 Å². The number of aliphatic carboxylic acids is 1. The van der Waals surface area contributed by atoms with E-state index in [0.29, 0.717) is 15.8 Å². The van der Waals surface area contributed by atoms with Crippen molar-refractivity contribution in [1.29, 1.82) is 0 Å². The van der Waals surface area contributed by atoms with E-state index in [1.807, 2.05) is 18.2 Å². The molecule has 2 aromatic rings. The molecule has 0 aliphatic carbocycles. The molecule has 19 heavy (non-hydrogen) atoms. The van der Waals surface area contributed by atoms with Crippen molar-refractivity contribution in [1.82, 2.24) is 0 Å². The fourth-order valence-corrected chi connectivity index (χ4v) is 2.10. The van der Waals surface area contributed by atoms with Gasteiger partial charge in [-0.15, -0.1) is 0 Å². The summed E-state index contributed by atoms with van der Waals surface area (Å²) in [5, 5.41) is 9.52. The van der Waals surface area contributed by atoms with E-state index in [2.05, 4.69) is 0 Å². The van der Waals surface area contributed by atoms with Gasteiger partial charge in [-0.1, -0.05) is 47.5 Å². The first kappa shape index (κ1) is 13.7. The molecule has 0 aliphatic rings. The van der Waals surface area contributed by atoms with Gasteiger partial charge in [-0.3, -0.25) is 0 Å². The SMILES string of the molecule is O=C(O)COc1ccc(-c2ccccc2Cl)cc1Cl. The molecule has 0 aromatic heterocycles. The van der Waals surface area contributed by atoms with Crippen molar-refractivity contribution in [3.05, 3.63) is 52.5 Å². The number of carbonyl (C=O) groups is 1. The van der Waals surface area contributed by atoms with Gasteiger partial charge in [0.1, 0.15) is 5.75 Å². The molecule has 0 atom stereocenters. The van der Waals surface area contributed by atoms with E-state index in [4.69, 9.17) is 33.0 Å². The number of carboxylic acids is 1. The summed E-state index contributed by atoms with van der Waals surface area (Å²) in [5.74, 6) is -0.717. The maximum atomic E-state index is 10.4. The average molecular weight is 297 g/mol. The van der Waals surface area contributed by atoms with E-state index in [1.54, 1.807) is 24.3 Å². The quantitative estimate of drug-likeness (QED) is 0.923. The lowest BCUT2D eigenvalue weighted by molar-refractivity contribution is -0.139. The van der Waals surface area contributed by atoms with Gasteiger partial charge in [-0.25, -0.2) is 4.79 Å². The van der Waals surface area contributed by atoms with E-state index in [-0.39, 0.29) is 0 Å². The molecule has 0 bridgehead atoms. The zero-order chi connectivity index (χ0) is 13.8. The highest BCUT2D eigenvalue weighted by atomic mass is 35.5. The van der Waals surface area contributed by atoms with Crippen LogP contribution in [-0.4, -0.2) is 17.7 Å². The van der Waals surface area contributed by atoms with E-state index in [0.717, 1.165) is 11.1 Å². The van der Waals surface area contributed by atoms with E-state index >= 15 is 0 Å². The molecule has 0 amide bonds. The van der Waals surface area contributed by atoms with E-state index < -0.39 is 12.6 Å². The molecule has 0 saturated heterocycles. The van der Waals surface area contributed by atoms with Crippen molar-refractivity contribution < 1.29 is 14.6 Å². The van der Waals surface area contributed by atoms with Gasteiger partial charge in [0.05, 0.1) is 5.02 Å². The first-order valence-electron chi connectivity index (χ1n) is 5.47. The molecule has 2 aromatic carbocycles. The molecule has 0 radical (unpaired) electrons. The number of benzene rings is 2. The third-order valence-electron chi connectivity index (χ3n) is 2.47. The summed E-state index contributed by atoms with van der Waals surface area (Å²) in [5.41, 5.74) is 1.70. The molecule has 0 spiro atoms. The molecule has 0 saturated carbocycles. The summed E-state index contributed by atoms with van der Waals surface area (Å²) in [4.78, 5) is 10.4. The highest BCUT2D eigenvalue weighted by Gasteiger charge is 2.08. The highest BCUT2D eigenvalue weighted by molar-refractivity contribution is 6.34. The Kier molecular flexibility index (Phi) is 4.30. The lowest BCUT2D eigenvalue weighted by atomic mass is 10.1. The van der Waals surface area contributed by atoms with Crippen LogP contribution in [0.4, 0.5) is 0 Å². The van der Waals surface area contributed by atoms with Crippen molar-refractivity contribution in [2.45, 2.75) is 0 Å². The van der Waals surface area contributed by atoms with Crippen LogP contribution >= 0.6 is 23.2 Å². The summed E-state index contributed by atoms with van der Waals surface area (Å²) in [6.07, 6.45) is 0. The zero-order valence-corrected chi connectivity index (χ0v) is 11.3. The van der Waals surface area contributed by atoms with Gasteiger partial charge < -0.3 is 9.84 Å². The lowest BCUT2D eigenvalue weighted by Crippen LogP contribution is -2.09. The Balaban J connectivity index is 2.29. The van der Waals surface area contributed by atoms with Gasteiger partial charge in [0.2, 0.25) is 0 Å². The summed E-state index contributed by atoms with van der Waals surface area (Å²) >= 11 is 12.2. The van der Waals surface area contributed by atoms with Crippen LogP contribution in [0.25, 0.3) is 11.1 Å². The second-order valence-electron chi connectivity index (χ2n) is 3.81. The minimum Gasteiger partial charge on any atom is -0.480 e. The Hall–Kier alpha value is -1.71. The van der Waals surface area contributed by atoms with Crippen LogP contribution in [-0.2, 0) is 4.79 Å². The van der Waals surface area contributed by atoms with Crippen LogP contribution in [0.5, 0.6) is 5.75 Å². The number of hydrogen-bond acceptors (Lipinski definition) is 2. The normalized spacial score (nSPS) is 10.2. The number of ether oxygens (including phenoxy) is 1. The number of carboxylic acid groups (broad SMARTS) is 1. The molecular formula is C14H10Cl2O3. The molecule has 0 aliphatic heterocycles. The Bertz CT molecular complexity index is 611. The summed E-state index contributed by atoms with van der Waals surface area (Å²) in [6.45, 7) is -0.425. The number of hydrogen-bond donors (Lipinski definition) is 1. The number of rotatable bonds is 4. The van der Waals surface area contributed by atoms with Crippen molar-refractivity contribution in [3.63, 3.8) is 0 Å². The molecule has 0 unspecified atom stereocenters. The predicted octanol–water partition coefficient (Wildman–Crippen LogP) is 4.12. The monoisotopic (exact) mass is 296 g/mol. The Labute approximate surface area is 120 Å². The highest BCUT2D eigenvalue weighted by Crippen LogP contribution is 2.33.